The maximum atomic E-state index is 11.2. The second kappa shape index (κ2) is 4.56. The molecule has 1 heteroatoms. The lowest BCUT2D eigenvalue weighted by atomic mass is 10.0. The number of rotatable bonds is 3. The Kier molecular flexibility index (Phi) is 3.41. The van der Waals surface area contributed by atoms with Crippen molar-refractivity contribution in [3.8, 4) is 0 Å². The Morgan fingerprint density at radius 3 is 2.50 bits per heavy atom. The minimum atomic E-state index is 0.0447. The van der Waals surface area contributed by atoms with Gasteiger partial charge in [0.15, 0.2) is 5.78 Å². The van der Waals surface area contributed by atoms with Crippen LogP contribution in [0.3, 0.4) is 0 Å². The molecule has 0 aromatic heterocycles. The molecular weight excluding hydrogens is 172 g/mol. The van der Waals surface area contributed by atoms with Gasteiger partial charge in [-0.3, -0.25) is 4.79 Å². The zero-order valence-corrected chi connectivity index (χ0v) is 8.58. The van der Waals surface area contributed by atoms with Gasteiger partial charge in [0.25, 0.3) is 0 Å². The van der Waals surface area contributed by atoms with Crippen LogP contribution in [-0.2, 0) is 4.79 Å². The average molecular weight is 186 g/mol. The second-order valence-corrected chi connectivity index (χ2v) is 3.22. The minimum Gasteiger partial charge on any atom is -0.295 e. The smallest absolute Gasteiger partial charge is 0.159 e. The normalized spacial score (nSPS) is 11.1. The van der Waals surface area contributed by atoms with Crippen molar-refractivity contribution in [2.75, 3.05) is 0 Å². The van der Waals surface area contributed by atoms with Crippen LogP contribution in [0.1, 0.15) is 18.1 Å². The molecule has 0 spiro atoms. The Balaban J connectivity index is 3.13. The summed E-state index contributed by atoms with van der Waals surface area (Å²) in [5, 5.41) is 0. The number of hydrogen-bond acceptors (Lipinski definition) is 1. The molecule has 0 unspecified atom stereocenters. The van der Waals surface area contributed by atoms with E-state index in [1.54, 1.807) is 13.0 Å². The first-order valence-electron chi connectivity index (χ1n) is 4.56. The number of aryl methyl sites for hydroxylation is 1. The molecule has 0 radical (unpaired) electrons. The first kappa shape index (κ1) is 10.5. The lowest BCUT2D eigenvalue weighted by molar-refractivity contribution is -0.113. The van der Waals surface area contributed by atoms with Crippen LogP contribution in [0.4, 0.5) is 0 Å². The topological polar surface area (TPSA) is 17.1 Å². The maximum Gasteiger partial charge on any atom is 0.159 e. The molecule has 0 saturated heterocycles. The van der Waals surface area contributed by atoms with E-state index >= 15 is 0 Å². The summed E-state index contributed by atoms with van der Waals surface area (Å²) in [4.78, 5) is 11.2. The third kappa shape index (κ3) is 2.43. The van der Waals surface area contributed by atoms with Gasteiger partial charge in [-0.2, -0.15) is 0 Å². The number of carbonyl (C=O) groups is 1. The van der Waals surface area contributed by atoms with Crippen LogP contribution in [0.5, 0.6) is 0 Å². The summed E-state index contributed by atoms with van der Waals surface area (Å²) in [5.74, 6) is 0.0447. The fourth-order valence-corrected chi connectivity index (χ4v) is 1.22. The molecular formula is C13H14O. The molecule has 1 aromatic rings. The molecule has 0 saturated carbocycles. The summed E-state index contributed by atoms with van der Waals surface area (Å²) < 4.78 is 0. The van der Waals surface area contributed by atoms with Crippen molar-refractivity contribution in [1.82, 2.24) is 0 Å². The van der Waals surface area contributed by atoms with Crippen molar-refractivity contribution >= 4 is 11.9 Å². The molecule has 1 nitrogen and oxygen atoms in total. The van der Waals surface area contributed by atoms with E-state index in [0.717, 1.165) is 11.1 Å². The van der Waals surface area contributed by atoms with Gasteiger partial charge in [0.05, 0.1) is 0 Å². The zero-order chi connectivity index (χ0) is 10.6. The van der Waals surface area contributed by atoms with E-state index < -0.39 is 0 Å². The number of allylic oxidation sites excluding steroid dienone is 2. The highest BCUT2D eigenvalue weighted by Crippen LogP contribution is 2.12. The van der Waals surface area contributed by atoms with E-state index in [-0.39, 0.29) is 5.78 Å². The van der Waals surface area contributed by atoms with Crippen molar-refractivity contribution in [2.45, 2.75) is 13.8 Å². The predicted octanol–water partition coefficient (Wildman–Crippen LogP) is 3.15. The predicted molar refractivity (Wildman–Crippen MR) is 60.0 cm³/mol. The lowest BCUT2D eigenvalue weighted by Gasteiger charge is -2.00. The summed E-state index contributed by atoms with van der Waals surface area (Å²) in [7, 11) is 0. The van der Waals surface area contributed by atoms with Crippen molar-refractivity contribution in [1.29, 1.82) is 0 Å². The Bertz CT molecular complexity index is 386. The van der Waals surface area contributed by atoms with Gasteiger partial charge >= 0.3 is 0 Å². The SMILES string of the molecule is C=C/C(=C\c1ccccc1C)C(C)=O. The van der Waals surface area contributed by atoms with Crippen molar-refractivity contribution in [3.63, 3.8) is 0 Å². The first-order valence-corrected chi connectivity index (χ1v) is 4.56. The number of carbonyl (C=O) groups excluding carboxylic acids is 1. The fraction of sp³-hybridized carbons (Fsp3) is 0.154. The summed E-state index contributed by atoms with van der Waals surface area (Å²) in [6.45, 7) is 7.19. The summed E-state index contributed by atoms with van der Waals surface area (Å²) >= 11 is 0. The average Bonchev–Trinajstić information content (AvgIpc) is 2.16. The van der Waals surface area contributed by atoms with Gasteiger partial charge in [0.1, 0.15) is 0 Å². The Morgan fingerprint density at radius 1 is 1.36 bits per heavy atom. The van der Waals surface area contributed by atoms with Gasteiger partial charge in [-0.05, 0) is 31.1 Å². The molecule has 14 heavy (non-hydrogen) atoms. The minimum absolute atomic E-state index is 0.0447. The van der Waals surface area contributed by atoms with E-state index in [1.807, 2.05) is 37.3 Å². The van der Waals surface area contributed by atoms with Crippen molar-refractivity contribution in [3.05, 3.63) is 53.6 Å². The highest BCUT2D eigenvalue weighted by atomic mass is 16.1. The number of benzene rings is 1. The van der Waals surface area contributed by atoms with Gasteiger partial charge in [-0.1, -0.05) is 36.9 Å². The molecule has 0 N–H and O–H groups in total. The Morgan fingerprint density at radius 2 is 2.00 bits per heavy atom. The third-order valence-electron chi connectivity index (χ3n) is 2.13. The molecule has 72 valence electrons. The zero-order valence-electron chi connectivity index (χ0n) is 8.58. The first-order chi connectivity index (χ1) is 6.65. The van der Waals surface area contributed by atoms with E-state index in [9.17, 15) is 4.79 Å². The summed E-state index contributed by atoms with van der Waals surface area (Å²) in [6, 6.07) is 7.95. The van der Waals surface area contributed by atoms with E-state index in [1.165, 1.54) is 0 Å². The van der Waals surface area contributed by atoms with Crippen LogP contribution < -0.4 is 0 Å². The second-order valence-electron chi connectivity index (χ2n) is 3.22. The van der Waals surface area contributed by atoms with E-state index in [4.69, 9.17) is 0 Å². The fourth-order valence-electron chi connectivity index (χ4n) is 1.22. The van der Waals surface area contributed by atoms with E-state index in [2.05, 4.69) is 6.58 Å². The highest BCUT2D eigenvalue weighted by molar-refractivity contribution is 6.00. The third-order valence-corrected chi connectivity index (χ3v) is 2.13. The van der Waals surface area contributed by atoms with Crippen LogP contribution in [0.2, 0.25) is 0 Å². The van der Waals surface area contributed by atoms with Crippen LogP contribution in [0.15, 0.2) is 42.5 Å². The largest absolute Gasteiger partial charge is 0.295 e. The lowest BCUT2D eigenvalue weighted by Crippen LogP contribution is -1.92. The quantitative estimate of drug-likeness (QED) is 0.523. The highest BCUT2D eigenvalue weighted by Gasteiger charge is 1.99. The molecule has 1 rings (SSSR count). The molecule has 0 aliphatic carbocycles. The molecule has 1 aromatic carbocycles. The van der Waals surface area contributed by atoms with Gasteiger partial charge in [-0.25, -0.2) is 0 Å². The number of hydrogen-bond donors (Lipinski definition) is 0. The molecule has 0 aliphatic rings. The van der Waals surface area contributed by atoms with Gasteiger partial charge in [-0.15, -0.1) is 0 Å². The summed E-state index contributed by atoms with van der Waals surface area (Å²) in [5.41, 5.74) is 2.88. The molecule has 0 amide bonds. The van der Waals surface area contributed by atoms with E-state index in [0.29, 0.717) is 5.57 Å². The van der Waals surface area contributed by atoms with Crippen molar-refractivity contribution < 1.29 is 4.79 Å². The molecule has 0 heterocycles. The summed E-state index contributed by atoms with van der Waals surface area (Å²) in [6.07, 6.45) is 3.46. The number of Topliss-reactive ketones (excluding diaryl/α,β-unsaturated/α-hetero) is 1. The van der Waals surface area contributed by atoms with Crippen molar-refractivity contribution in [2.24, 2.45) is 0 Å². The van der Waals surface area contributed by atoms with Gasteiger partial charge in [0, 0.05) is 5.57 Å². The Labute approximate surface area is 84.8 Å². The molecule has 0 bridgehead atoms. The Hall–Kier alpha value is -1.63. The van der Waals surface area contributed by atoms with Crippen LogP contribution in [-0.4, -0.2) is 5.78 Å². The number of ketones is 1. The standard InChI is InChI=1S/C13H14O/c1-4-12(11(3)14)9-13-8-6-5-7-10(13)2/h4-9H,1H2,2-3H3/b12-9+. The molecule has 0 fully saturated rings. The molecule has 0 atom stereocenters. The van der Waals surface area contributed by atoms with Gasteiger partial charge < -0.3 is 0 Å². The van der Waals surface area contributed by atoms with Gasteiger partial charge in [0.2, 0.25) is 0 Å². The molecule has 0 aliphatic heterocycles. The van der Waals surface area contributed by atoms with Crippen LogP contribution in [0, 0.1) is 6.92 Å². The van der Waals surface area contributed by atoms with Crippen LogP contribution >= 0.6 is 0 Å². The maximum absolute atomic E-state index is 11.2. The van der Waals surface area contributed by atoms with Crippen LogP contribution in [0.25, 0.3) is 6.08 Å². The monoisotopic (exact) mass is 186 g/mol.